The lowest BCUT2D eigenvalue weighted by molar-refractivity contribution is 1.25. The highest BCUT2D eigenvalue weighted by atomic mass is 32.1. The molecular weight excluding hydrogens is 324 g/mol. The molecule has 0 saturated heterocycles. The molecule has 2 nitrogen and oxygen atoms in total. The molecule has 0 aliphatic heterocycles. The second-order valence-electron chi connectivity index (χ2n) is 5.90. The van der Waals surface area contributed by atoms with E-state index in [1.807, 2.05) is 35.6 Å². The van der Waals surface area contributed by atoms with E-state index in [2.05, 4.69) is 59.6 Å². The highest BCUT2D eigenvalue weighted by molar-refractivity contribution is 7.26. The average molecular weight is 338 g/mol. The van der Waals surface area contributed by atoms with Crippen molar-refractivity contribution in [2.75, 3.05) is 0 Å². The number of fused-ring (bicyclic) bond motifs is 3. The summed E-state index contributed by atoms with van der Waals surface area (Å²) in [5.74, 6) is 0. The van der Waals surface area contributed by atoms with Gasteiger partial charge in [0.05, 0.1) is 17.1 Å². The molecule has 25 heavy (non-hydrogen) atoms. The summed E-state index contributed by atoms with van der Waals surface area (Å²) in [6.45, 7) is 0. The molecule has 0 saturated carbocycles. The van der Waals surface area contributed by atoms with Gasteiger partial charge in [-0.3, -0.25) is 4.98 Å². The first-order valence-electron chi connectivity index (χ1n) is 8.19. The van der Waals surface area contributed by atoms with Crippen LogP contribution < -0.4 is 0 Å². The Balaban J connectivity index is 1.74. The van der Waals surface area contributed by atoms with Gasteiger partial charge in [0.1, 0.15) is 0 Å². The maximum absolute atomic E-state index is 4.88. The Morgan fingerprint density at radius 3 is 2.28 bits per heavy atom. The molecular formula is C22H14N2S. The van der Waals surface area contributed by atoms with Crippen molar-refractivity contribution in [1.82, 2.24) is 9.97 Å². The molecule has 2 aromatic carbocycles. The highest BCUT2D eigenvalue weighted by Crippen LogP contribution is 2.39. The highest BCUT2D eigenvalue weighted by Gasteiger charge is 2.11. The second kappa shape index (κ2) is 5.80. The smallest absolute Gasteiger partial charge is 0.0893 e. The van der Waals surface area contributed by atoms with Crippen molar-refractivity contribution in [2.24, 2.45) is 0 Å². The first-order chi connectivity index (χ1) is 12.4. The summed E-state index contributed by atoms with van der Waals surface area (Å²) >= 11 is 1.83. The van der Waals surface area contributed by atoms with Gasteiger partial charge in [-0.2, -0.15) is 0 Å². The number of hydrogen-bond donors (Lipinski definition) is 0. The number of pyridine rings is 2. The van der Waals surface area contributed by atoms with Crippen molar-refractivity contribution < 1.29 is 0 Å². The quantitative estimate of drug-likeness (QED) is 0.384. The van der Waals surface area contributed by atoms with Crippen LogP contribution in [0.2, 0.25) is 0 Å². The maximum atomic E-state index is 4.88. The van der Waals surface area contributed by atoms with Gasteiger partial charge < -0.3 is 0 Å². The van der Waals surface area contributed by atoms with Gasteiger partial charge >= 0.3 is 0 Å². The van der Waals surface area contributed by atoms with Crippen molar-refractivity contribution in [3.8, 4) is 22.6 Å². The summed E-state index contributed by atoms with van der Waals surface area (Å²) in [5, 5.41) is 2.60. The summed E-state index contributed by atoms with van der Waals surface area (Å²) in [5.41, 5.74) is 3.96. The molecule has 0 unspecified atom stereocenters. The van der Waals surface area contributed by atoms with Gasteiger partial charge in [-0.05, 0) is 30.3 Å². The molecule has 0 bridgehead atoms. The predicted molar refractivity (Wildman–Crippen MR) is 106 cm³/mol. The van der Waals surface area contributed by atoms with E-state index < -0.39 is 0 Å². The Kier molecular flexibility index (Phi) is 3.32. The molecule has 0 spiro atoms. The zero-order valence-corrected chi connectivity index (χ0v) is 14.2. The minimum Gasteiger partial charge on any atom is -0.255 e. The minimum atomic E-state index is 0.896. The molecule has 5 rings (SSSR count). The van der Waals surface area contributed by atoms with Crippen LogP contribution in [-0.2, 0) is 0 Å². The first kappa shape index (κ1) is 14.3. The lowest BCUT2D eigenvalue weighted by atomic mass is 10.1. The van der Waals surface area contributed by atoms with Crippen LogP contribution in [-0.4, -0.2) is 9.97 Å². The van der Waals surface area contributed by atoms with Crippen molar-refractivity contribution in [3.05, 3.63) is 85.1 Å². The van der Waals surface area contributed by atoms with Crippen LogP contribution in [0.1, 0.15) is 0 Å². The summed E-state index contributed by atoms with van der Waals surface area (Å²) in [6.07, 6.45) is 1.80. The molecule has 0 atom stereocenters. The van der Waals surface area contributed by atoms with Crippen LogP contribution in [0.25, 0.3) is 42.8 Å². The van der Waals surface area contributed by atoms with Crippen molar-refractivity contribution in [3.63, 3.8) is 0 Å². The second-order valence-corrected chi connectivity index (χ2v) is 6.96. The lowest BCUT2D eigenvalue weighted by Gasteiger charge is -2.05. The maximum Gasteiger partial charge on any atom is 0.0893 e. The predicted octanol–water partition coefficient (Wildman–Crippen LogP) is 6.18. The van der Waals surface area contributed by atoms with Crippen molar-refractivity contribution in [1.29, 1.82) is 0 Å². The Morgan fingerprint density at radius 2 is 1.36 bits per heavy atom. The van der Waals surface area contributed by atoms with E-state index in [0.29, 0.717) is 0 Å². The Bertz CT molecular complexity index is 1190. The number of thiophene rings is 1. The largest absolute Gasteiger partial charge is 0.255 e. The molecule has 0 fully saturated rings. The number of nitrogens with zero attached hydrogens (tertiary/aromatic N) is 2. The van der Waals surface area contributed by atoms with E-state index in [1.165, 1.54) is 25.7 Å². The van der Waals surface area contributed by atoms with Crippen molar-refractivity contribution in [2.45, 2.75) is 0 Å². The Morgan fingerprint density at radius 1 is 0.600 bits per heavy atom. The van der Waals surface area contributed by atoms with Gasteiger partial charge in [-0.1, -0.05) is 48.5 Å². The number of rotatable bonds is 2. The molecule has 118 valence electrons. The van der Waals surface area contributed by atoms with Gasteiger partial charge in [0.15, 0.2) is 0 Å². The normalized spacial score (nSPS) is 11.2. The van der Waals surface area contributed by atoms with E-state index in [4.69, 9.17) is 4.98 Å². The monoisotopic (exact) mass is 338 g/mol. The summed E-state index contributed by atoms with van der Waals surface area (Å²) < 4.78 is 2.60. The molecule has 3 aromatic heterocycles. The Hall–Kier alpha value is -3.04. The van der Waals surface area contributed by atoms with E-state index in [0.717, 1.165) is 17.1 Å². The number of aromatic nitrogens is 2. The van der Waals surface area contributed by atoms with Gasteiger partial charge in [-0.15, -0.1) is 11.3 Å². The fourth-order valence-corrected chi connectivity index (χ4v) is 4.42. The van der Waals surface area contributed by atoms with Crippen LogP contribution >= 0.6 is 11.3 Å². The van der Waals surface area contributed by atoms with E-state index in [1.54, 1.807) is 6.20 Å². The van der Waals surface area contributed by atoms with Crippen LogP contribution in [0.15, 0.2) is 85.1 Å². The third-order valence-corrected chi connectivity index (χ3v) is 5.58. The summed E-state index contributed by atoms with van der Waals surface area (Å²) in [7, 11) is 0. The number of hydrogen-bond acceptors (Lipinski definition) is 3. The van der Waals surface area contributed by atoms with E-state index >= 15 is 0 Å². The molecule has 3 heteroatoms. The zero-order valence-electron chi connectivity index (χ0n) is 13.4. The number of benzene rings is 2. The van der Waals surface area contributed by atoms with E-state index in [9.17, 15) is 0 Å². The Labute approximate surface area is 149 Å². The van der Waals surface area contributed by atoms with Gasteiger partial charge in [0, 0.05) is 31.9 Å². The van der Waals surface area contributed by atoms with Gasteiger partial charge in [-0.25, -0.2) is 4.98 Å². The average Bonchev–Trinajstić information content (AvgIpc) is 3.07. The summed E-state index contributed by atoms with van der Waals surface area (Å²) in [4.78, 5) is 9.30. The van der Waals surface area contributed by atoms with Gasteiger partial charge in [0.2, 0.25) is 0 Å². The standard InChI is InChI=1S/C22H14N2S/c1-2-13-21-15(7-1)16-8-5-9-17(22(16)25-21)18-11-6-12-20(24-18)19-10-3-4-14-23-19/h1-14H. The fourth-order valence-electron chi connectivity index (χ4n) is 3.19. The van der Waals surface area contributed by atoms with Crippen LogP contribution in [0.4, 0.5) is 0 Å². The molecule has 0 aliphatic rings. The van der Waals surface area contributed by atoms with Crippen LogP contribution in [0.3, 0.4) is 0 Å². The molecule has 0 aliphatic carbocycles. The molecule has 0 N–H and O–H groups in total. The molecule has 5 aromatic rings. The molecule has 0 radical (unpaired) electrons. The third kappa shape index (κ3) is 2.41. The van der Waals surface area contributed by atoms with Crippen LogP contribution in [0.5, 0.6) is 0 Å². The first-order valence-corrected chi connectivity index (χ1v) is 9.01. The summed E-state index contributed by atoms with van der Waals surface area (Å²) in [6, 6.07) is 27.1. The van der Waals surface area contributed by atoms with E-state index in [-0.39, 0.29) is 0 Å². The fraction of sp³-hybridized carbons (Fsp3) is 0. The van der Waals surface area contributed by atoms with Crippen molar-refractivity contribution >= 4 is 31.5 Å². The lowest BCUT2D eigenvalue weighted by Crippen LogP contribution is -1.89. The zero-order chi connectivity index (χ0) is 16.6. The minimum absolute atomic E-state index is 0.896. The van der Waals surface area contributed by atoms with Gasteiger partial charge in [0.25, 0.3) is 0 Å². The topological polar surface area (TPSA) is 25.8 Å². The van der Waals surface area contributed by atoms with Crippen LogP contribution in [0, 0.1) is 0 Å². The third-order valence-electron chi connectivity index (χ3n) is 4.36. The molecule has 0 amide bonds. The SMILES string of the molecule is c1ccc(-c2cccc(-c3cccc4c3sc3ccccc34)n2)nc1. The molecule has 3 heterocycles.